The van der Waals surface area contributed by atoms with Crippen LogP contribution in [0, 0.1) is 5.92 Å². The quantitative estimate of drug-likeness (QED) is 0.560. The molecule has 0 saturated heterocycles. The molecule has 2 atom stereocenters. The van der Waals surface area contributed by atoms with E-state index in [1.807, 2.05) is 41.5 Å². The fourth-order valence-corrected chi connectivity index (χ4v) is 2.00. The van der Waals surface area contributed by atoms with E-state index >= 15 is 0 Å². The molecule has 19 heavy (non-hydrogen) atoms. The lowest BCUT2D eigenvalue weighted by molar-refractivity contribution is -0.382. The van der Waals surface area contributed by atoms with Gasteiger partial charge in [-0.3, -0.25) is 0 Å². The summed E-state index contributed by atoms with van der Waals surface area (Å²) in [5.74, 6) is 0.490. The van der Waals surface area contributed by atoms with Gasteiger partial charge in [-0.25, -0.2) is 19.6 Å². The largest absolute Gasteiger partial charge is 0.236 e. The fourth-order valence-electron chi connectivity index (χ4n) is 2.00. The van der Waals surface area contributed by atoms with Gasteiger partial charge in [-0.2, -0.15) is 0 Å². The summed E-state index contributed by atoms with van der Waals surface area (Å²) in [4.78, 5) is 21.6. The highest BCUT2D eigenvalue weighted by atomic mass is 17.2. The van der Waals surface area contributed by atoms with E-state index in [1.54, 1.807) is 0 Å². The summed E-state index contributed by atoms with van der Waals surface area (Å²) in [5.41, 5.74) is -0.501. The molecular weight excluding hydrogens is 244 g/mol. The van der Waals surface area contributed by atoms with Crippen LogP contribution in [0.4, 0.5) is 0 Å². The van der Waals surface area contributed by atoms with Gasteiger partial charge in [-0.05, 0) is 66.7 Å². The summed E-state index contributed by atoms with van der Waals surface area (Å²) in [7, 11) is 0. The first-order valence-corrected chi connectivity index (χ1v) is 7.31. The molecule has 114 valence electrons. The smallest absolute Gasteiger partial charge is 0.0952 e. The van der Waals surface area contributed by atoms with E-state index in [-0.39, 0.29) is 17.3 Å². The zero-order valence-electron chi connectivity index (χ0n) is 13.3. The van der Waals surface area contributed by atoms with Gasteiger partial charge in [0.2, 0.25) is 0 Å². The van der Waals surface area contributed by atoms with Crippen molar-refractivity contribution < 1.29 is 19.6 Å². The van der Waals surface area contributed by atoms with Gasteiger partial charge < -0.3 is 0 Å². The Hall–Kier alpha value is -0.160. The van der Waals surface area contributed by atoms with E-state index in [0.717, 1.165) is 19.3 Å². The highest BCUT2D eigenvalue weighted by Crippen LogP contribution is 2.28. The molecular formula is C15H30O4. The van der Waals surface area contributed by atoms with Gasteiger partial charge in [-0.15, -0.1) is 0 Å². The maximum Gasteiger partial charge on any atom is 0.0952 e. The predicted molar refractivity (Wildman–Crippen MR) is 74.5 cm³/mol. The van der Waals surface area contributed by atoms with E-state index < -0.39 is 0 Å². The van der Waals surface area contributed by atoms with Gasteiger partial charge >= 0.3 is 0 Å². The Bertz CT molecular complexity index is 252. The Kier molecular flexibility index (Phi) is 6.24. The van der Waals surface area contributed by atoms with E-state index in [1.165, 1.54) is 6.42 Å². The average Bonchev–Trinajstić information content (AvgIpc) is 2.24. The van der Waals surface area contributed by atoms with Crippen LogP contribution in [0.3, 0.4) is 0 Å². The molecule has 0 radical (unpaired) electrons. The summed E-state index contributed by atoms with van der Waals surface area (Å²) < 4.78 is 0. The van der Waals surface area contributed by atoms with Gasteiger partial charge in [0.1, 0.15) is 0 Å². The molecule has 2 unspecified atom stereocenters. The first-order chi connectivity index (χ1) is 8.66. The third kappa shape index (κ3) is 8.58. The molecule has 0 N–H and O–H groups in total. The van der Waals surface area contributed by atoms with Crippen LogP contribution in [0.15, 0.2) is 0 Å². The monoisotopic (exact) mass is 274 g/mol. The topological polar surface area (TPSA) is 36.9 Å². The van der Waals surface area contributed by atoms with Crippen LogP contribution in [-0.4, -0.2) is 23.9 Å². The van der Waals surface area contributed by atoms with Crippen molar-refractivity contribution in [2.24, 2.45) is 5.92 Å². The first kappa shape index (κ1) is 16.9. The fraction of sp³-hybridized carbons (Fsp3) is 1.00. The Morgan fingerprint density at radius 2 is 1.53 bits per heavy atom. The molecule has 0 aliphatic heterocycles. The number of rotatable bonds is 5. The lowest BCUT2D eigenvalue weighted by Crippen LogP contribution is -2.30. The van der Waals surface area contributed by atoms with E-state index in [9.17, 15) is 0 Å². The summed E-state index contributed by atoms with van der Waals surface area (Å²) in [6, 6.07) is 0. The third-order valence-electron chi connectivity index (χ3n) is 2.78. The minimum absolute atomic E-state index is 0.177. The maximum atomic E-state index is 5.53. The molecule has 1 rings (SSSR count). The van der Waals surface area contributed by atoms with Crippen molar-refractivity contribution in [3.63, 3.8) is 0 Å². The van der Waals surface area contributed by atoms with Crippen LogP contribution < -0.4 is 0 Å². The van der Waals surface area contributed by atoms with Gasteiger partial charge in [0.25, 0.3) is 0 Å². The lowest BCUT2D eigenvalue weighted by Gasteiger charge is -2.30. The normalized spacial score (nSPS) is 25.6. The molecule has 1 saturated carbocycles. The Morgan fingerprint density at radius 3 is 2.11 bits per heavy atom. The first-order valence-electron chi connectivity index (χ1n) is 7.31. The Labute approximate surface area is 117 Å². The molecule has 1 aliphatic carbocycles. The van der Waals surface area contributed by atoms with Crippen LogP contribution in [0.2, 0.25) is 0 Å². The Morgan fingerprint density at radius 1 is 0.895 bits per heavy atom. The van der Waals surface area contributed by atoms with Gasteiger partial charge in [0.15, 0.2) is 0 Å². The van der Waals surface area contributed by atoms with E-state index in [4.69, 9.17) is 19.6 Å². The van der Waals surface area contributed by atoms with Crippen molar-refractivity contribution in [3.8, 4) is 0 Å². The Balaban J connectivity index is 2.22. The van der Waals surface area contributed by atoms with Gasteiger partial charge in [-0.1, -0.05) is 6.42 Å². The zero-order valence-corrected chi connectivity index (χ0v) is 13.3. The second kappa shape index (κ2) is 7.02. The van der Waals surface area contributed by atoms with Crippen molar-refractivity contribution in [2.45, 2.75) is 84.5 Å². The molecule has 0 amide bonds. The van der Waals surface area contributed by atoms with E-state index in [0.29, 0.717) is 12.5 Å². The third-order valence-corrected chi connectivity index (χ3v) is 2.78. The summed E-state index contributed by atoms with van der Waals surface area (Å²) in [6.45, 7) is 12.6. The second-order valence-electron chi connectivity index (χ2n) is 7.43. The second-order valence-corrected chi connectivity index (χ2v) is 7.43. The molecule has 4 nitrogen and oxygen atoms in total. The molecule has 1 aliphatic rings. The van der Waals surface area contributed by atoms with Crippen molar-refractivity contribution in [1.29, 1.82) is 0 Å². The molecule has 4 heteroatoms. The summed E-state index contributed by atoms with van der Waals surface area (Å²) >= 11 is 0. The van der Waals surface area contributed by atoms with Crippen molar-refractivity contribution >= 4 is 0 Å². The van der Waals surface area contributed by atoms with Crippen LogP contribution in [0.1, 0.15) is 67.2 Å². The number of hydrogen-bond acceptors (Lipinski definition) is 4. The average molecular weight is 274 g/mol. The molecule has 0 aromatic heterocycles. The molecule has 0 heterocycles. The molecule has 0 spiro atoms. The minimum Gasteiger partial charge on any atom is -0.236 e. The van der Waals surface area contributed by atoms with Gasteiger partial charge in [0, 0.05) is 0 Å². The summed E-state index contributed by atoms with van der Waals surface area (Å²) in [5, 5.41) is 0. The van der Waals surface area contributed by atoms with Crippen LogP contribution in [-0.2, 0) is 19.6 Å². The zero-order chi connectivity index (χ0) is 14.5. The van der Waals surface area contributed by atoms with Crippen molar-refractivity contribution in [3.05, 3.63) is 0 Å². The maximum absolute atomic E-state index is 5.53. The summed E-state index contributed by atoms with van der Waals surface area (Å²) in [6.07, 6.45) is 4.54. The molecule has 0 aromatic rings. The van der Waals surface area contributed by atoms with Crippen molar-refractivity contribution in [2.75, 3.05) is 6.61 Å². The molecule has 0 aromatic carbocycles. The minimum atomic E-state index is -0.251. The highest BCUT2D eigenvalue weighted by Gasteiger charge is 2.26. The predicted octanol–water partition coefficient (Wildman–Crippen LogP) is 4.04. The molecule has 0 bridgehead atoms. The van der Waals surface area contributed by atoms with Crippen molar-refractivity contribution in [1.82, 2.24) is 0 Å². The van der Waals surface area contributed by atoms with Gasteiger partial charge in [0.05, 0.1) is 23.9 Å². The highest BCUT2D eigenvalue weighted by molar-refractivity contribution is 4.72. The van der Waals surface area contributed by atoms with Crippen LogP contribution >= 0.6 is 0 Å². The van der Waals surface area contributed by atoms with Crippen LogP contribution in [0.5, 0.6) is 0 Å². The lowest BCUT2D eigenvalue weighted by atomic mass is 9.88. The van der Waals surface area contributed by atoms with Crippen LogP contribution in [0.25, 0.3) is 0 Å². The molecule has 1 fully saturated rings. The number of hydrogen-bond donors (Lipinski definition) is 0. The standard InChI is InChI=1S/C15H30O4/c1-14(2,3)18-16-11-12-8-7-9-13(10-12)17-19-15(4,5)6/h12-13H,7-11H2,1-6H3. The SMILES string of the molecule is CC(C)(C)OOCC1CCCC(OOC(C)(C)C)C1. The van der Waals surface area contributed by atoms with E-state index in [2.05, 4.69) is 0 Å².